The number of amides is 2. The van der Waals surface area contributed by atoms with Gasteiger partial charge < -0.3 is 20.5 Å². The molecule has 0 aliphatic heterocycles. The van der Waals surface area contributed by atoms with Gasteiger partial charge in [-0.05, 0) is 5.56 Å². The van der Waals surface area contributed by atoms with E-state index >= 15 is 0 Å². The van der Waals surface area contributed by atoms with Crippen LogP contribution in [0.1, 0.15) is 5.56 Å². The SMILES string of the molecule is COC(=O)NCC(=O)NC(Cc1ccccc1)C(=O)O. The molecule has 108 valence electrons. The number of hydrogen-bond donors (Lipinski definition) is 3. The number of carbonyl (C=O) groups excluding carboxylic acids is 2. The van der Waals surface area contributed by atoms with Crippen molar-refractivity contribution in [1.82, 2.24) is 10.6 Å². The molecule has 7 nitrogen and oxygen atoms in total. The van der Waals surface area contributed by atoms with Crippen LogP contribution in [0.4, 0.5) is 4.79 Å². The fourth-order valence-corrected chi connectivity index (χ4v) is 1.52. The number of carboxylic acid groups (broad SMARTS) is 1. The van der Waals surface area contributed by atoms with Gasteiger partial charge in [-0.2, -0.15) is 0 Å². The molecule has 0 saturated heterocycles. The normalized spacial score (nSPS) is 11.2. The molecule has 0 saturated carbocycles. The second-order valence-corrected chi connectivity index (χ2v) is 3.99. The van der Waals surface area contributed by atoms with E-state index in [0.29, 0.717) is 0 Å². The summed E-state index contributed by atoms with van der Waals surface area (Å²) in [6.45, 7) is -0.342. The zero-order valence-electron chi connectivity index (χ0n) is 11.0. The van der Waals surface area contributed by atoms with Crippen LogP contribution in [0.5, 0.6) is 0 Å². The van der Waals surface area contributed by atoms with Gasteiger partial charge in [0.15, 0.2) is 0 Å². The number of hydrogen-bond acceptors (Lipinski definition) is 4. The molecule has 1 aromatic carbocycles. The molecule has 0 aliphatic rings. The number of methoxy groups -OCH3 is 1. The first-order chi connectivity index (χ1) is 9.52. The first-order valence-electron chi connectivity index (χ1n) is 5.91. The van der Waals surface area contributed by atoms with Crippen LogP contribution < -0.4 is 10.6 Å². The number of nitrogens with one attached hydrogen (secondary N) is 2. The van der Waals surface area contributed by atoms with E-state index in [-0.39, 0.29) is 13.0 Å². The molecule has 1 aromatic rings. The quantitative estimate of drug-likeness (QED) is 0.688. The summed E-state index contributed by atoms with van der Waals surface area (Å²) in [4.78, 5) is 33.4. The summed E-state index contributed by atoms with van der Waals surface area (Å²) < 4.78 is 4.30. The van der Waals surface area contributed by atoms with E-state index in [0.717, 1.165) is 5.56 Å². The van der Waals surface area contributed by atoms with Crippen molar-refractivity contribution < 1.29 is 24.2 Å². The van der Waals surface area contributed by atoms with Gasteiger partial charge in [-0.15, -0.1) is 0 Å². The number of aliphatic carboxylic acids is 1. The van der Waals surface area contributed by atoms with Crippen molar-refractivity contribution in [2.75, 3.05) is 13.7 Å². The maximum Gasteiger partial charge on any atom is 0.407 e. The third-order valence-corrected chi connectivity index (χ3v) is 2.49. The Balaban J connectivity index is 2.53. The average Bonchev–Trinajstić information content (AvgIpc) is 2.45. The van der Waals surface area contributed by atoms with Gasteiger partial charge in [0.25, 0.3) is 0 Å². The van der Waals surface area contributed by atoms with E-state index in [4.69, 9.17) is 5.11 Å². The smallest absolute Gasteiger partial charge is 0.407 e. The van der Waals surface area contributed by atoms with E-state index in [2.05, 4.69) is 15.4 Å². The van der Waals surface area contributed by atoms with Crippen LogP contribution >= 0.6 is 0 Å². The van der Waals surface area contributed by atoms with E-state index in [9.17, 15) is 14.4 Å². The molecule has 1 unspecified atom stereocenters. The van der Waals surface area contributed by atoms with E-state index < -0.39 is 24.0 Å². The molecule has 0 spiro atoms. The summed E-state index contributed by atoms with van der Waals surface area (Å²) in [7, 11) is 1.17. The maximum atomic E-state index is 11.5. The molecule has 20 heavy (non-hydrogen) atoms. The Labute approximate surface area is 115 Å². The van der Waals surface area contributed by atoms with Gasteiger partial charge in [0.2, 0.25) is 5.91 Å². The fraction of sp³-hybridized carbons (Fsp3) is 0.308. The second-order valence-electron chi connectivity index (χ2n) is 3.99. The predicted octanol–water partition coefficient (Wildman–Crippen LogP) is 0.154. The molecule has 0 aromatic heterocycles. The molecular formula is C13H16N2O5. The van der Waals surface area contributed by atoms with Crippen LogP contribution in [0, 0.1) is 0 Å². The molecule has 0 bridgehead atoms. The molecule has 3 N–H and O–H groups in total. The van der Waals surface area contributed by atoms with Gasteiger partial charge in [0, 0.05) is 6.42 Å². The molecule has 1 atom stereocenters. The van der Waals surface area contributed by atoms with Crippen LogP contribution in [0.15, 0.2) is 30.3 Å². The minimum atomic E-state index is -1.14. The monoisotopic (exact) mass is 280 g/mol. The summed E-state index contributed by atoms with van der Waals surface area (Å²) >= 11 is 0. The molecule has 0 aliphatic carbocycles. The van der Waals surface area contributed by atoms with Crippen molar-refractivity contribution >= 4 is 18.0 Å². The lowest BCUT2D eigenvalue weighted by atomic mass is 10.1. The molecule has 0 heterocycles. The zero-order chi connectivity index (χ0) is 15.0. The van der Waals surface area contributed by atoms with Crippen LogP contribution in [0.25, 0.3) is 0 Å². The van der Waals surface area contributed by atoms with Crippen LogP contribution in [0.3, 0.4) is 0 Å². The predicted molar refractivity (Wildman–Crippen MR) is 70.1 cm³/mol. The third-order valence-electron chi connectivity index (χ3n) is 2.49. The maximum absolute atomic E-state index is 11.5. The number of benzene rings is 1. The Hall–Kier alpha value is -2.57. The Morgan fingerprint density at radius 3 is 2.45 bits per heavy atom. The fourth-order valence-electron chi connectivity index (χ4n) is 1.52. The first kappa shape index (κ1) is 15.5. The highest BCUT2D eigenvalue weighted by Gasteiger charge is 2.20. The van der Waals surface area contributed by atoms with Crippen molar-refractivity contribution in [3.63, 3.8) is 0 Å². The van der Waals surface area contributed by atoms with Crippen molar-refractivity contribution in [2.24, 2.45) is 0 Å². The third kappa shape index (κ3) is 5.38. The van der Waals surface area contributed by atoms with E-state index in [1.165, 1.54) is 7.11 Å². The Bertz CT molecular complexity index is 475. The number of rotatable bonds is 6. The van der Waals surface area contributed by atoms with Crippen LogP contribution in [0.2, 0.25) is 0 Å². The minimum absolute atomic E-state index is 0.167. The topological polar surface area (TPSA) is 105 Å². The van der Waals surface area contributed by atoms with Crippen molar-refractivity contribution in [2.45, 2.75) is 12.5 Å². The summed E-state index contributed by atoms with van der Waals surface area (Å²) in [6, 6.07) is 7.88. The highest BCUT2D eigenvalue weighted by molar-refractivity contribution is 5.86. The minimum Gasteiger partial charge on any atom is -0.480 e. The zero-order valence-corrected chi connectivity index (χ0v) is 11.0. The molecule has 2 amide bonds. The number of alkyl carbamates (subject to hydrolysis) is 1. The largest absolute Gasteiger partial charge is 0.480 e. The summed E-state index contributed by atoms with van der Waals surface area (Å²) in [5, 5.41) is 13.6. The lowest BCUT2D eigenvalue weighted by Gasteiger charge is -2.14. The van der Waals surface area contributed by atoms with Crippen molar-refractivity contribution in [3.05, 3.63) is 35.9 Å². The average molecular weight is 280 g/mol. The lowest BCUT2D eigenvalue weighted by molar-refractivity contribution is -0.141. The highest BCUT2D eigenvalue weighted by Crippen LogP contribution is 2.03. The molecule has 1 rings (SSSR count). The molecule has 0 fully saturated rings. The van der Waals surface area contributed by atoms with Gasteiger partial charge >= 0.3 is 12.1 Å². The standard InChI is InChI=1S/C13H16N2O5/c1-20-13(19)14-8-11(16)15-10(12(17)18)7-9-5-3-2-4-6-9/h2-6,10H,7-8H2,1H3,(H,14,19)(H,15,16)(H,17,18). The van der Waals surface area contributed by atoms with Gasteiger partial charge in [-0.3, -0.25) is 4.79 Å². The van der Waals surface area contributed by atoms with Gasteiger partial charge in [-0.25, -0.2) is 9.59 Å². The Morgan fingerprint density at radius 1 is 1.25 bits per heavy atom. The van der Waals surface area contributed by atoms with Crippen molar-refractivity contribution in [3.8, 4) is 0 Å². The van der Waals surface area contributed by atoms with E-state index in [1.54, 1.807) is 24.3 Å². The Morgan fingerprint density at radius 2 is 1.90 bits per heavy atom. The number of ether oxygens (including phenoxy) is 1. The van der Waals surface area contributed by atoms with Crippen LogP contribution in [-0.4, -0.2) is 42.8 Å². The summed E-state index contributed by atoms with van der Waals surface area (Å²) in [5.74, 6) is -1.74. The van der Waals surface area contributed by atoms with Gasteiger partial charge in [0.05, 0.1) is 7.11 Å². The van der Waals surface area contributed by atoms with Crippen LogP contribution in [-0.2, 0) is 20.7 Å². The number of carbonyl (C=O) groups is 3. The van der Waals surface area contributed by atoms with Gasteiger partial charge in [0.1, 0.15) is 12.6 Å². The Kier molecular flexibility index (Phi) is 6.02. The molecule has 7 heteroatoms. The lowest BCUT2D eigenvalue weighted by Crippen LogP contribution is -2.46. The second kappa shape index (κ2) is 7.78. The summed E-state index contributed by atoms with van der Waals surface area (Å²) in [5.41, 5.74) is 0.793. The first-order valence-corrected chi connectivity index (χ1v) is 5.91. The molecular weight excluding hydrogens is 264 g/mol. The highest BCUT2D eigenvalue weighted by atomic mass is 16.5. The van der Waals surface area contributed by atoms with E-state index in [1.807, 2.05) is 6.07 Å². The molecule has 0 radical (unpaired) electrons. The number of carboxylic acids is 1. The summed E-state index contributed by atoms with van der Waals surface area (Å²) in [6.07, 6.45) is -0.588. The van der Waals surface area contributed by atoms with Crippen molar-refractivity contribution in [1.29, 1.82) is 0 Å². The van der Waals surface area contributed by atoms with Gasteiger partial charge in [-0.1, -0.05) is 30.3 Å².